The van der Waals surface area contributed by atoms with Gasteiger partial charge in [0.05, 0.1) is 0 Å². The third-order valence-corrected chi connectivity index (χ3v) is 2.84. The van der Waals surface area contributed by atoms with Gasteiger partial charge in [-0.2, -0.15) is 0 Å². The summed E-state index contributed by atoms with van der Waals surface area (Å²) < 4.78 is 0. The Morgan fingerprint density at radius 2 is 2.00 bits per heavy atom. The second-order valence-corrected chi connectivity index (χ2v) is 3.96. The van der Waals surface area contributed by atoms with Crippen molar-refractivity contribution in [2.45, 2.75) is 19.3 Å². The van der Waals surface area contributed by atoms with Crippen molar-refractivity contribution in [3.63, 3.8) is 0 Å². The molecule has 0 aliphatic heterocycles. The Morgan fingerprint density at radius 3 is 2.50 bits per heavy atom. The lowest BCUT2D eigenvalue weighted by atomic mass is 9.85. The molecule has 0 unspecified atom stereocenters. The standard InChI is InChI=1S/C13H14N2O/c14-9-8-10-4-6-12(7-5-10)15-13(16)11-2-1-3-11/h4-7,11H,1-3,14H2,(H,15,16). The van der Waals surface area contributed by atoms with Crippen LogP contribution in [-0.4, -0.2) is 5.91 Å². The van der Waals surface area contributed by atoms with Crippen molar-refractivity contribution >= 4 is 11.6 Å². The summed E-state index contributed by atoms with van der Waals surface area (Å²) >= 11 is 0. The molecular formula is C13H14N2O. The van der Waals surface area contributed by atoms with Gasteiger partial charge in [-0.1, -0.05) is 6.42 Å². The molecule has 82 valence electrons. The number of rotatable bonds is 2. The summed E-state index contributed by atoms with van der Waals surface area (Å²) in [6.45, 7) is 0. The number of hydrogen-bond acceptors (Lipinski definition) is 2. The van der Waals surface area contributed by atoms with Gasteiger partial charge in [-0.3, -0.25) is 4.79 Å². The SMILES string of the molecule is NC#Cc1ccc(NC(=O)C2CCC2)cc1. The molecule has 0 saturated heterocycles. The summed E-state index contributed by atoms with van der Waals surface area (Å²) in [5.74, 6) is 3.09. The summed E-state index contributed by atoms with van der Waals surface area (Å²) in [5, 5.41) is 2.89. The molecule has 0 heterocycles. The fourth-order valence-corrected chi connectivity index (χ4v) is 1.63. The smallest absolute Gasteiger partial charge is 0.227 e. The Labute approximate surface area is 95.0 Å². The maximum absolute atomic E-state index is 11.6. The number of anilines is 1. The molecule has 3 heteroatoms. The number of nitrogens with one attached hydrogen (secondary N) is 1. The van der Waals surface area contributed by atoms with Gasteiger partial charge in [-0.05, 0) is 43.0 Å². The minimum atomic E-state index is 0.129. The average molecular weight is 214 g/mol. The minimum Gasteiger partial charge on any atom is -0.359 e. The first-order chi connectivity index (χ1) is 7.79. The first kappa shape index (κ1) is 10.6. The number of benzene rings is 1. The molecule has 16 heavy (non-hydrogen) atoms. The molecule has 0 spiro atoms. The van der Waals surface area contributed by atoms with Crippen LogP contribution < -0.4 is 11.1 Å². The van der Waals surface area contributed by atoms with E-state index in [1.165, 1.54) is 6.42 Å². The maximum atomic E-state index is 11.6. The molecule has 2 rings (SSSR count). The lowest BCUT2D eigenvalue weighted by Crippen LogP contribution is -2.27. The molecule has 1 amide bonds. The Kier molecular flexibility index (Phi) is 3.11. The van der Waals surface area contributed by atoms with Crippen LogP contribution in [-0.2, 0) is 4.79 Å². The van der Waals surface area contributed by atoms with Gasteiger partial charge in [0.25, 0.3) is 0 Å². The van der Waals surface area contributed by atoms with E-state index in [1.807, 2.05) is 24.3 Å². The van der Waals surface area contributed by atoms with E-state index in [0.29, 0.717) is 0 Å². The molecule has 0 atom stereocenters. The third kappa shape index (κ3) is 2.34. The predicted molar refractivity (Wildman–Crippen MR) is 63.5 cm³/mol. The van der Waals surface area contributed by atoms with Crippen molar-refractivity contribution in [3.8, 4) is 12.0 Å². The molecule has 0 radical (unpaired) electrons. The highest BCUT2D eigenvalue weighted by molar-refractivity contribution is 5.93. The van der Waals surface area contributed by atoms with Crippen LogP contribution in [0.5, 0.6) is 0 Å². The first-order valence-corrected chi connectivity index (χ1v) is 5.42. The van der Waals surface area contributed by atoms with Crippen LogP contribution in [0.3, 0.4) is 0 Å². The Bertz CT molecular complexity index is 435. The zero-order valence-corrected chi connectivity index (χ0v) is 8.99. The molecule has 3 nitrogen and oxygen atoms in total. The largest absolute Gasteiger partial charge is 0.359 e. The molecule has 1 aliphatic rings. The zero-order chi connectivity index (χ0) is 11.4. The van der Waals surface area contributed by atoms with E-state index in [2.05, 4.69) is 17.3 Å². The van der Waals surface area contributed by atoms with E-state index in [0.717, 1.165) is 24.1 Å². The van der Waals surface area contributed by atoms with Gasteiger partial charge < -0.3 is 11.1 Å². The van der Waals surface area contributed by atoms with Gasteiger partial charge in [0.1, 0.15) is 0 Å². The molecule has 3 N–H and O–H groups in total. The summed E-state index contributed by atoms with van der Waals surface area (Å²) in [5.41, 5.74) is 6.78. The van der Waals surface area contributed by atoms with Gasteiger partial charge in [-0.15, -0.1) is 0 Å². The number of amides is 1. The number of carbonyl (C=O) groups is 1. The molecule has 1 aliphatic carbocycles. The van der Waals surface area contributed by atoms with Gasteiger partial charge >= 0.3 is 0 Å². The van der Waals surface area contributed by atoms with E-state index in [4.69, 9.17) is 5.73 Å². The quantitative estimate of drug-likeness (QED) is 0.581. The molecular weight excluding hydrogens is 200 g/mol. The third-order valence-electron chi connectivity index (χ3n) is 2.84. The second-order valence-electron chi connectivity index (χ2n) is 3.96. The minimum absolute atomic E-state index is 0.129. The Hall–Kier alpha value is -1.95. The van der Waals surface area contributed by atoms with Gasteiger partial charge in [0, 0.05) is 23.2 Å². The van der Waals surface area contributed by atoms with E-state index >= 15 is 0 Å². The van der Waals surface area contributed by atoms with Crippen LogP contribution >= 0.6 is 0 Å². The summed E-state index contributed by atoms with van der Waals surface area (Å²) in [7, 11) is 0. The van der Waals surface area contributed by atoms with E-state index in [9.17, 15) is 4.79 Å². The van der Waals surface area contributed by atoms with Gasteiger partial charge in [0.2, 0.25) is 5.91 Å². The van der Waals surface area contributed by atoms with Crippen LogP contribution in [0.25, 0.3) is 0 Å². The van der Waals surface area contributed by atoms with E-state index < -0.39 is 0 Å². The van der Waals surface area contributed by atoms with E-state index in [1.54, 1.807) is 0 Å². The molecule has 1 saturated carbocycles. The van der Waals surface area contributed by atoms with Crippen LogP contribution in [0.15, 0.2) is 24.3 Å². The van der Waals surface area contributed by atoms with Crippen molar-refractivity contribution in [1.82, 2.24) is 0 Å². The molecule has 1 fully saturated rings. The van der Waals surface area contributed by atoms with Crippen LogP contribution in [0.2, 0.25) is 0 Å². The van der Waals surface area contributed by atoms with Crippen molar-refractivity contribution in [3.05, 3.63) is 29.8 Å². The van der Waals surface area contributed by atoms with Crippen molar-refractivity contribution in [1.29, 1.82) is 0 Å². The van der Waals surface area contributed by atoms with Crippen molar-refractivity contribution in [2.75, 3.05) is 5.32 Å². The number of carbonyl (C=O) groups excluding carboxylic acids is 1. The molecule has 1 aromatic rings. The summed E-state index contributed by atoms with van der Waals surface area (Å²) in [6.07, 6.45) is 3.20. The molecule has 0 bridgehead atoms. The summed E-state index contributed by atoms with van der Waals surface area (Å²) in [6, 6.07) is 9.72. The lowest BCUT2D eigenvalue weighted by Gasteiger charge is -2.23. The van der Waals surface area contributed by atoms with Crippen molar-refractivity contribution < 1.29 is 4.79 Å². The van der Waals surface area contributed by atoms with E-state index in [-0.39, 0.29) is 11.8 Å². The fraction of sp³-hybridized carbons (Fsp3) is 0.308. The Balaban J connectivity index is 1.98. The second kappa shape index (κ2) is 4.71. The lowest BCUT2D eigenvalue weighted by molar-refractivity contribution is -0.122. The Morgan fingerprint density at radius 1 is 1.31 bits per heavy atom. The topological polar surface area (TPSA) is 55.1 Å². The van der Waals surface area contributed by atoms with Gasteiger partial charge in [-0.25, -0.2) is 0 Å². The maximum Gasteiger partial charge on any atom is 0.227 e. The summed E-state index contributed by atoms with van der Waals surface area (Å²) in [4.78, 5) is 11.6. The fourth-order valence-electron chi connectivity index (χ4n) is 1.63. The predicted octanol–water partition coefficient (Wildman–Crippen LogP) is 1.69. The monoisotopic (exact) mass is 214 g/mol. The van der Waals surface area contributed by atoms with Gasteiger partial charge in [0.15, 0.2) is 0 Å². The molecule has 1 aromatic carbocycles. The average Bonchev–Trinajstić information content (AvgIpc) is 2.18. The number of nitrogens with two attached hydrogens (primary N) is 1. The highest BCUT2D eigenvalue weighted by Gasteiger charge is 2.24. The zero-order valence-electron chi connectivity index (χ0n) is 8.99. The highest BCUT2D eigenvalue weighted by Crippen LogP contribution is 2.27. The molecule has 0 aromatic heterocycles. The normalized spacial score (nSPS) is 14.5. The number of hydrogen-bond donors (Lipinski definition) is 2. The van der Waals surface area contributed by atoms with Crippen LogP contribution in [0, 0.1) is 17.9 Å². The highest BCUT2D eigenvalue weighted by atomic mass is 16.1. The first-order valence-electron chi connectivity index (χ1n) is 5.42. The van der Waals surface area contributed by atoms with Crippen LogP contribution in [0.1, 0.15) is 24.8 Å². The van der Waals surface area contributed by atoms with Crippen LogP contribution in [0.4, 0.5) is 5.69 Å². The van der Waals surface area contributed by atoms with Crippen molar-refractivity contribution in [2.24, 2.45) is 11.7 Å².